The third kappa shape index (κ3) is 4.02. The number of carbonyl (C=O) groups is 2. The van der Waals surface area contributed by atoms with Gasteiger partial charge in [-0.25, -0.2) is 14.1 Å². The topological polar surface area (TPSA) is 124 Å². The van der Waals surface area contributed by atoms with Gasteiger partial charge in [0, 0.05) is 35.6 Å². The van der Waals surface area contributed by atoms with E-state index in [1.165, 1.54) is 32.4 Å². The summed E-state index contributed by atoms with van der Waals surface area (Å²) in [7, 11) is 1.50. The van der Waals surface area contributed by atoms with Gasteiger partial charge in [0.15, 0.2) is 0 Å². The summed E-state index contributed by atoms with van der Waals surface area (Å²) in [4.78, 5) is 29.5. The highest BCUT2D eigenvalue weighted by Crippen LogP contribution is 2.36. The maximum atomic E-state index is 15.7. The lowest BCUT2D eigenvalue weighted by atomic mass is 9.99. The van der Waals surface area contributed by atoms with Crippen molar-refractivity contribution in [2.45, 2.75) is 19.9 Å². The second kappa shape index (κ2) is 9.14. The van der Waals surface area contributed by atoms with E-state index >= 15 is 4.39 Å². The molecule has 4 N–H and O–H groups in total. The van der Waals surface area contributed by atoms with Gasteiger partial charge in [0.2, 0.25) is 0 Å². The SMILES string of the molecule is COc1ccnc(NC(=O)c2ccc(-c3nn4c(c3C(N)=O)Nc3ccccc3CC4)c(F)c2C)c1. The van der Waals surface area contributed by atoms with Crippen LogP contribution in [0.3, 0.4) is 0 Å². The van der Waals surface area contributed by atoms with Crippen molar-refractivity contribution in [3.8, 4) is 17.0 Å². The quantitative estimate of drug-likeness (QED) is 0.391. The molecule has 5 rings (SSSR count). The molecule has 0 radical (unpaired) electrons. The number of fused-ring (bicyclic) bond motifs is 2. The van der Waals surface area contributed by atoms with E-state index in [0.717, 1.165) is 11.3 Å². The Labute approximate surface area is 206 Å². The molecule has 2 amide bonds. The summed E-state index contributed by atoms with van der Waals surface area (Å²) < 4.78 is 22.4. The van der Waals surface area contributed by atoms with Gasteiger partial charge >= 0.3 is 0 Å². The molecule has 0 saturated carbocycles. The number of hydrogen-bond donors (Lipinski definition) is 3. The summed E-state index contributed by atoms with van der Waals surface area (Å²) in [6.07, 6.45) is 2.17. The van der Waals surface area contributed by atoms with Crippen molar-refractivity contribution in [1.29, 1.82) is 0 Å². The largest absolute Gasteiger partial charge is 0.497 e. The molecule has 0 fully saturated rings. The average Bonchev–Trinajstić information content (AvgIpc) is 3.13. The van der Waals surface area contributed by atoms with Gasteiger partial charge in [0.25, 0.3) is 11.8 Å². The molecular formula is C26H23FN6O3. The van der Waals surface area contributed by atoms with E-state index in [-0.39, 0.29) is 33.8 Å². The Morgan fingerprint density at radius 3 is 2.78 bits per heavy atom. The van der Waals surface area contributed by atoms with Crippen molar-refractivity contribution in [2.24, 2.45) is 5.73 Å². The van der Waals surface area contributed by atoms with E-state index in [4.69, 9.17) is 10.5 Å². The number of anilines is 3. The number of nitrogens with two attached hydrogens (primary N) is 1. The molecule has 182 valence electrons. The van der Waals surface area contributed by atoms with E-state index in [0.29, 0.717) is 24.5 Å². The number of aryl methyl sites for hydroxylation is 2. The third-order valence-electron chi connectivity index (χ3n) is 6.16. The summed E-state index contributed by atoms with van der Waals surface area (Å²) in [6.45, 7) is 1.97. The zero-order valence-electron chi connectivity index (χ0n) is 19.6. The van der Waals surface area contributed by atoms with Gasteiger partial charge < -0.3 is 21.1 Å². The first-order valence-electron chi connectivity index (χ1n) is 11.2. The number of ether oxygens (including phenoxy) is 1. The highest BCUT2D eigenvalue weighted by molar-refractivity contribution is 6.07. The predicted octanol–water partition coefficient (Wildman–Crippen LogP) is 4.05. The van der Waals surface area contributed by atoms with Crippen LogP contribution in [-0.4, -0.2) is 33.7 Å². The highest BCUT2D eigenvalue weighted by Gasteiger charge is 2.28. The van der Waals surface area contributed by atoms with E-state index in [9.17, 15) is 9.59 Å². The molecule has 0 spiro atoms. The number of nitrogens with one attached hydrogen (secondary N) is 2. The van der Waals surface area contributed by atoms with Crippen LogP contribution in [0.1, 0.15) is 31.8 Å². The molecule has 3 heterocycles. The molecule has 2 aromatic carbocycles. The van der Waals surface area contributed by atoms with Crippen molar-refractivity contribution in [3.63, 3.8) is 0 Å². The number of halogens is 1. The fraction of sp³-hybridized carbons (Fsp3) is 0.154. The van der Waals surface area contributed by atoms with E-state index in [2.05, 4.69) is 20.7 Å². The minimum atomic E-state index is -0.735. The van der Waals surface area contributed by atoms with Gasteiger partial charge in [-0.2, -0.15) is 5.10 Å². The lowest BCUT2D eigenvalue weighted by Crippen LogP contribution is -2.16. The second-order valence-corrected chi connectivity index (χ2v) is 8.33. The summed E-state index contributed by atoms with van der Waals surface area (Å²) in [5, 5.41) is 10.4. The Bertz CT molecular complexity index is 1510. The van der Waals surface area contributed by atoms with Crippen LogP contribution in [0.15, 0.2) is 54.7 Å². The molecule has 1 aliphatic rings. The number of amides is 2. The van der Waals surface area contributed by atoms with Crippen molar-refractivity contribution < 1.29 is 18.7 Å². The zero-order chi connectivity index (χ0) is 25.4. The van der Waals surface area contributed by atoms with Crippen LogP contribution in [0.25, 0.3) is 11.3 Å². The highest BCUT2D eigenvalue weighted by atomic mass is 19.1. The molecule has 0 saturated heterocycles. The Kier molecular flexibility index (Phi) is 5.85. The summed E-state index contributed by atoms with van der Waals surface area (Å²) in [5.74, 6) is -0.742. The Morgan fingerprint density at radius 1 is 1.19 bits per heavy atom. The monoisotopic (exact) mass is 486 g/mol. The maximum absolute atomic E-state index is 15.7. The second-order valence-electron chi connectivity index (χ2n) is 8.33. The standard InChI is InChI=1S/C26H23FN6O3/c1-14-17(26(35)31-20-13-16(36-2)9-11-29-20)7-8-18(22(14)27)23-21(24(28)34)25-30-19-6-4-3-5-15(19)10-12-33(25)32-23/h3-9,11,13,30H,10,12H2,1-2H3,(H2,28,34)(H,29,31,35). The third-order valence-corrected chi connectivity index (χ3v) is 6.16. The van der Waals surface area contributed by atoms with Gasteiger partial charge in [-0.1, -0.05) is 18.2 Å². The Hall–Kier alpha value is -4.73. The lowest BCUT2D eigenvalue weighted by Gasteiger charge is -2.12. The minimum Gasteiger partial charge on any atom is -0.497 e. The van der Waals surface area contributed by atoms with Gasteiger partial charge in [0.05, 0.1) is 7.11 Å². The van der Waals surface area contributed by atoms with Crippen molar-refractivity contribution >= 4 is 29.1 Å². The summed E-state index contributed by atoms with van der Waals surface area (Å²) >= 11 is 0. The number of pyridine rings is 1. The van der Waals surface area contributed by atoms with Crippen LogP contribution in [0.5, 0.6) is 5.75 Å². The molecule has 0 unspecified atom stereocenters. The predicted molar refractivity (Wildman–Crippen MR) is 133 cm³/mol. The fourth-order valence-corrected chi connectivity index (χ4v) is 4.29. The van der Waals surface area contributed by atoms with Gasteiger partial charge in [0.1, 0.15) is 34.5 Å². The van der Waals surface area contributed by atoms with Gasteiger partial charge in [-0.3, -0.25) is 9.59 Å². The lowest BCUT2D eigenvalue weighted by molar-refractivity contribution is 0.0998. The van der Waals surface area contributed by atoms with Crippen LogP contribution in [0, 0.1) is 12.7 Å². The van der Waals surface area contributed by atoms with Crippen LogP contribution < -0.4 is 21.1 Å². The molecule has 0 bridgehead atoms. The molecule has 2 aromatic heterocycles. The number of primary amides is 1. The number of benzene rings is 2. The Morgan fingerprint density at radius 2 is 2.00 bits per heavy atom. The number of rotatable bonds is 5. The van der Waals surface area contributed by atoms with Gasteiger partial charge in [-0.15, -0.1) is 0 Å². The van der Waals surface area contributed by atoms with E-state index in [1.54, 1.807) is 16.8 Å². The van der Waals surface area contributed by atoms with E-state index < -0.39 is 17.6 Å². The number of hydrogen-bond acceptors (Lipinski definition) is 6. The molecule has 9 nitrogen and oxygen atoms in total. The minimum absolute atomic E-state index is 0.0769. The molecule has 4 aromatic rings. The van der Waals surface area contributed by atoms with Crippen LogP contribution in [0.2, 0.25) is 0 Å². The number of nitrogens with zero attached hydrogens (tertiary/aromatic N) is 3. The smallest absolute Gasteiger partial charge is 0.257 e. The van der Waals surface area contributed by atoms with Crippen LogP contribution in [0.4, 0.5) is 21.7 Å². The van der Waals surface area contributed by atoms with Gasteiger partial charge in [-0.05, 0) is 48.7 Å². The summed E-state index contributed by atoms with van der Waals surface area (Å²) in [5.41, 5.74) is 8.14. The number of aromatic nitrogens is 3. The molecular weight excluding hydrogens is 463 g/mol. The number of methoxy groups -OCH3 is 1. The fourth-order valence-electron chi connectivity index (χ4n) is 4.29. The first kappa shape index (κ1) is 23.0. The van der Waals surface area contributed by atoms with Crippen molar-refractivity contribution in [2.75, 3.05) is 17.7 Å². The normalized spacial score (nSPS) is 12.1. The molecule has 1 aliphatic heterocycles. The Balaban J connectivity index is 1.52. The first-order valence-corrected chi connectivity index (χ1v) is 11.2. The van der Waals surface area contributed by atoms with Crippen LogP contribution in [-0.2, 0) is 13.0 Å². The number of carbonyl (C=O) groups excluding carboxylic acids is 2. The maximum Gasteiger partial charge on any atom is 0.257 e. The summed E-state index contributed by atoms with van der Waals surface area (Å²) in [6, 6.07) is 13.8. The van der Waals surface area contributed by atoms with Crippen molar-refractivity contribution in [3.05, 3.63) is 82.8 Å². The molecule has 36 heavy (non-hydrogen) atoms. The van der Waals surface area contributed by atoms with E-state index in [1.807, 2.05) is 24.3 Å². The molecule has 0 aliphatic carbocycles. The number of para-hydroxylation sites is 1. The van der Waals surface area contributed by atoms with Crippen molar-refractivity contribution in [1.82, 2.24) is 14.8 Å². The first-order chi connectivity index (χ1) is 17.4. The zero-order valence-corrected chi connectivity index (χ0v) is 19.6. The molecule has 10 heteroatoms. The van der Waals surface area contributed by atoms with Crippen LogP contribution >= 0.6 is 0 Å². The molecule has 0 atom stereocenters. The average molecular weight is 487 g/mol.